The minimum atomic E-state index is -0.808. The van der Waals surface area contributed by atoms with Crippen molar-refractivity contribution >= 4 is 10.8 Å². The van der Waals surface area contributed by atoms with Gasteiger partial charge in [0.1, 0.15) is 11.6 Å². The van der Waals surface area contributed by atoms with Crippen LogP contribution in [0.1, 0.15) is 17.2 Å². The number of rotatable bonds is 3. The van der Waals surface area contributed by atoms with Crippen LogP contribution in [0.2, 0.25) is 0 Å². The van der Waals surface area contributed by atoms with Crippen molar-refractivity contribution in [3.63, 3.8) is 0 Å². The highest BCUT2D eigenvalue weighted by Crippen LogP contribution is 2.28. The van der Waals surface area contributed by atoms with E-state index in [4.69, 9.17) is 0 Å². The predicted molar refractivity (Wildman–Crippen MR) is 79.0 cm³/mol. The van der Waals surface area contributed by atoms with Crippen LogP contribution in [0, 0.1) is 11.6 Å². The van der Waals surface area contributed by atoms with E-state index in [9.17, 15) is 13.9 Å². The van der Waals surface area contributed by atoms with E-state index in [1.807, 2.05) is 0 Å². The van der Waals surface area contributed by atoms with Crippen LogP contribution in [0.25, 0.3) is 10.8 Å². The molecule has 0 radical (unpaired) electrons. The first-order valence-electron chi connectivity index (χ1n) is 6.75. The Morgan fingerprint density at radius 3 is 2.38 bits per heavy atom. The molecular formula is C18H14F2O. The summed E-state index contributed by atoms with van der Waals surface area (Å²) >= 11 is 0. The maximum atomic E-state index is 13.8. The Labute approximate surface area is 121 Å². The Balaban J connectivity index is 1.98. The number of benzene rings is 3. The van der Waals surface area contributed by atoms with E-state index >= 15 is 0 Å². The third kappa shape index (κ3) is 2.78. The fraction of sp³-hybridized carbons (Fsp3) is 0.111. The topological polar surface area (TPSA) is 20.2 Å². The zero-order valence-electron chi connectivity index (χ0n) is 11.3. The lowest BCUT2D eigenvalue weighted by Gasteiger charge is -2.14. The number of aliphatic hydroxyl groups excluding tert-OH is 1. The second-order valence-electron chi connectivity index (χ2n) is 5.03. The average Bonchev–Trinajstić information content (AvgIpc) is 2.48. The van der Waals surface area contributed by atoms with Crippen LogP contribution in [0.4, 0.5) is 8.78 Å². The highest BCUT2D eigenvalue weighted by atomic mass is 19.1. The number of halogens is 2. The van der Waals surface area contributed by atoms with Crippen LogP contribution in [0.5, 0.6) is 0 Å². The lowest BCUT2D eigenvalue weighted by Crippen LogP contribution is -2.03. The van der Waals surface area contributed by atoms with Crippen molar-refractivity contribution in [1.29, 1.82) is 0 Å². The smallest absolute Gasteiger partial charge is 0.131 e. The first-order chi connectivity index (χ1) is 10.1. The third-order valence-electron chi connectivity index (χ3n) is 3.58. The largest absolute Gasteiger partial charge is 0.388 e. The summed E-state index contributed by atoms with van der Waals surface area (Å²) in [6.45, 7) is 0. The van der Waals surface area contributed by atoms with Crippen LogP contribution in [0.15, 0.2) is 60.7 Å². The highest BCUT2D eigenvalue weighted by Gasteiger charge is 2.14. The molecule has 0 saturated carbocycles. The van der Waals surface area contributed by atoms with E-state index in [1.165, 1.54) is 18.2 Å². The number of fused-ring (bicyclic) bond motifs is 1. The van der Waals surface area contributed by atoms with E-state index in [1.54, 1.807) is 42.5 Å². The molecule has 0 aliphatic carbocycles. The lowest BCUT2D eigenvalue weighted by atomic mass is 9.96. The van der Waals surface area contributed by atoms with Gasteiger partial charge in [0, 0.05) is 11.8 Å². The summed E-state index contributed by atoms with van der Waals surface area (Å²) in [4.78, 5) is 0. The van der Waals surface area contributed by atoms with Crippen LogP contribution in [-0.4, -0.2) is 5.11 Å². The van der Waals surface area contributed by atoms with E-state index in [0.29, 0.717) is 21.9 Å². The monoisotopic (exact) mass is 284 g/mol. The summed E-state index contributed by atoms with van der Waals surface area (Å²) in [7, 11) is 0. The molecule has 1 atom stereocenters. The predicted octanol–water partition coefficient (Wildman–Crippen LogP) is 4.39. The molecule has 1 N–H and O–H groups in total. The Morgan fingerprint density at radius 1 is 0.857 bits per heavy atom. The van der Waals surface area contributed by atoms with E-state index in [0.717, 1.165) is 0 Å². The zero-order chi connectivity index (χ0) is 14.8. The van der Waals surface area contributed by atoms with Gasteiger partial charge in [-0.15, -0.1) is 0 Å². The van der Waals surface area contributed by atoms with Gasteiger partial charge >= 0.3 is 0 Å². The van der Waals surface area contributed by atoms with Crippen LogP contribution in [-0.2, 0) is 6.42 Å². The van der Waals surface area contributed by atoms with Crippen molar-refractivity contribution in [2.45, 2.75) is 12.5 Å². The van der Waals surface area contributed by atoms with Crippen molar-refractivity contribution in [3.05, 3.63) is 83.4 Å². The van der Waals surface area contributed by atoms with Crippen molar-refractivity contribution < 1.29 is 13.9 Å². The van der Waals surface area contributed by atoms with Crippen LogP contribution < -0.4 is 0 Å². The van der Waals surface area contributed by atoms with Crippen molar-refractivity contribution in [2.24, 2.45) is 0 Å². The summed E-state index contributed by atoms with van der Waals surface area (Å²) in [6.07, 6.45) is -0.523. The first-order valence-corrected chi connectivity index (χ1v) is 6.75. The van der Waals surface area contributed by atoms with Crippen LogP contribution in [0.3, 0.4) is 0 Å². The fourth-order valence-corrected chi connectivity index (χ4v) is 2.57. The number of hydrogen-bond acceptors (Lipinski definition) is 1. The molecule has 21 heavy (non-hydrogen) atoms. The molecule has 0 heterocycles. The van der Waals surface area contributed by atoms with Crippen molar-refractivity contribution in [1.82, 2.24) is 0 Å². The molecule has 3 rings (SSSR count). The standard InChI is InChI=1S/C18H14F2O/c19-13-5-3-4-12(10-13)11-18(21)16-8-9-17(20)15-7-2-1-6-14(15)16/h1-10,18,21H,11H2. The summed E-state index contributed by atoms with van der Waals surface area (Å²) in [5, 5.41) is 11.6. The molecule has 3 aromatic rings. The fourth-order valence-electron chi connectivity index (χ4n) is 2.57. The van der Waals surface area contributed by atoms with E-state index < -0.39 is 6.10 Å². The molecule has 0 aromatic heterocycles. The molecule has 3 heteroatoms. The van der Waals surface area contributed by atoms with E-state index in [2.05, 4.69) is 0 Å². The Hall–Kier alpha value is -2.26. The van der Waals surface area contributed by atoms with Gasteiger partial charge in [0.05, 0.1) is 6.10 Å². The maximum absolute atomic E-state index is 13.8. The quantitative estimate of drug-likeness (QED) is 0.756. The minimum Gasteiger partial charge on any atom is -0.388 e. The molecule has 1 unspecified atom stereocenters. The second kappa shape index (κ2) is 5.62. The summed E-state index contributed by atoms with van der Waals surface area (Å²) < 4.78 is 27.0. The van der Waals surface area contributed by atoms with E-state index in [-0.39, 0.29) is 18.1 Å². The Morgan fingerprint density at radius 2 is 1.62 bits per heavy atom. The first kappa shape index (κ1) is 13.7. The SMILES string of the molecule is OC(Cc1cccc(F)c1)c1ccc(F)c2ccccc12. The van der Waals surface area contributed by atoms with Gasteiger partial charge in [-0.1, -0.05) is 42.5 Å². The average molecular weight is 284 g/mol. The molecule has 0 saturated heterocycles. The number of aliphatic hydroxyl groups is 1. The van der Waals surface area contributed by atoms with Gasteiger partial charge in [0.2, 0.25) is 0 Å². The second-order valence-corrected chi connectivity index (χ2v) is 5.03. The van der Waals surface area contributed by atoms with Gasteiger partial charge in [-0.05, 0) is 34.7 Å². The Bertz CT molecular complexity index is 783. The molecule has 0 aliphatic heterocycles. The molecule has 0 fully saturated rings. The molecule has 0 amide bonds. The number of hydrogen-bond donors (Lipinski definition) is 1. The molecule has 1 nitrogen and oxygen atoms in total. The van der Waals surface area contributed by atoms with Gasteiger partial charge in [0.25, 0.3) is 0 Å². The molecule has 0 spiro atoms. The van der Waals surface area contributed by atoms with Gasteiger partial charge in [-0.25, -0.2) is 8.78 Å². The molecular weight excluding hydrogens is 270 g/mol. The van der Waals surface area contributed by atoms with Gasteiger partial charge in [-0.3, -0.25) is 0 Å². The lowest BCUT2D eigenvalue weighted by molar-refractivity contribution is 0.180. The van der Waals surface area contributed by atoms with Crippen molar-refractivity contribution in [2.75, 3.05) is 0 Å². The summed E-state index contributed by atoms with van der Waals surface area (Å²) in [5.41, 5.74) is 1.35. The normalized spacial score (nSPS) is 12.5. The van der Waals surface area contributed by atoms with Gasteiger partial charge in [-0.2, -0.15) is 0 Å². The molecule has 3 aromatic carbocycles. The molecule has 0 bridgehead atoms. The minimum absolute atomic E-state index is 0.285. The zero-order valence-corrected chi connectivity index (χ0v) is 11.3. The summed E-state index contributed by atoms with van der Waals surface area (Å²) in [5.74, 6) is -0.643. The van der Waals surface area contributed by atoms with Crippen LogP contribution >= 0.6 is 0 Å². The summed E-state index contributed by atoms with van der Waals surface area (Å²) in [6, 6.07) is 16.1. The highest BCUT2D eigenvalue weighted by molar-refractivity contribution is 5.86. The van der Waals surface area contributed by atoms with Crippen molar-refractivity contribution in [3.8, 4) is 0 Å². The van der Waals surface area contributed by atoms with Gasteiger partial charge in [0.15, 0.2) is 0 Å². The van der Waals surface area contributed by atoms with Gasteiger partial charge < -0.3 is 5.11 Å². The molecule has 0 aliphatic rings. The Kier molecular flexibility index (Phi) is 3.67. The maximum Gasteiger partial charge on any atom is 0.131 e. The third-order valence-corrected chi connectivity index (χ3v) is 3.58. The molecule has 106 valence electrons.